The van der Waals surface area contributed by atoms with Crippen LogP contribution in [0.15, 0.2) is 18.2 Å². The van der Waals surface area contributed by atoms with Gasteiger partial charge in [-0.1, -0.05) is 0 Å². The van der Waals surface area contributed by atoms with Gasteiger partial charge in [0.25, 0.3) is 5.91 Å². The number of aliphatic hydroxyl groups excluding tert-OH is 1. The van der Waals surface area contributed by atoms with Gasteiger partial charge in [0.15, 0.2) is 0 Å². The number of hydrogen-bond donors (Lipinski definition) is 3. The molecule has 0 aliphatic carbocycles. The van der Waals surface area contributed by atoms with E-state index in [1.54, 1.807) is 18.2 Å². The largest absolute Gasteiger partial charge is 0.497 e. The number of methoxy groups -OCH3 is 1. The van der Waals surface area contributed by atoms with Gasteiger partial charge in [0, 0.05) is 29.5 Å². The Hall–Kier alpha value is -1.75. The normalized spacial score (nSPS) is 11.1. The highest BCUT2D eigenvalue weighted by atomic mass is 16.5. The Morgan fingerprint density at radius 2 is 2.11 bits per heavy atom. The van der Waals surface area contributed by atoms with Crippen LogP contribution in [0.3, 0.4) is 0 Å². The van der Waals surface area contributed by atoms with Crippen molar-refractivity contribution in [3.05, 3.63) is 23.8 Å². The zero-order valence-electron chi connectivity index (χ0n) is 11.0. The molecule has 0 aliphatic rings. The monoisotopic (exact) mass is 252 g/mol. The number of aliphatic hydroxyl groups is 1. The summed E-state index contributed by atoms with van der Waals surface area (Å²) < 4.78 is 5.06. The molecule has 0 saturated carbocycles. The summed E-state index contributed by atoms with van der Waals surface area (Å²) in [4.78, 5) is 12.1. The molecule has 0 bridgehead atoms. The second-order valence-corrected chi connectivity index (χ2v) is 4.81. The minimum Gasteiger partial charge on any atom is -0.497 e. The van der Waals surface area contributed by atoms with E-state index < -0.39 is 5.54 Å². The standard InChI is InChI=1S/C13H20N2O3/c1-13(2,4-5-16)15-12(17)9-6-10(14)8-11(7-9)18-3/h6-8,16H,4-5,14H2,1-3H3,(H,15,17). The van der Waals surface area contributed by atoms with Crippen molar-refractivity contribution in [3.63, 3.8) is 0 Å². The molecule has 0 aromatic heterocycles. The Morgan fingerprint density at radius 1 is 1.44 bits per heavy atom. The number of ether oxygens (including phenoxy) is 1. The first kappa shape index (κ1) is 14.3. The summed E-state index contributed by atoms with van der Waals surface area (Å²) >= 11 is 0. The molecular weight excluding hydrogens is 232 g/mol. The highest BCUT2D eigenvalue weighted by Gasteiger charge is 2.21. The van der Waals surface area contributed by atoms with E-state index in [9.17, 15) is 4.79 Å². The molecule has 1 aromatic carbocycles. The fraction of sp³-hybridized carbons (Fsp3) is 0.462. The molecule has 1 rings (SSSR count). The van der Waals surface area contributed by atoms with E-state index in [0.29, 0.717) is 23.4 Å². The number of anilines is 1. The van der Waals surface area contributed by atoms with Gasteiger partial charge in [-0.2, -0.15) is 0 Å². The maximum Gasteiger partial charge on any atom is 0.251 e. The molecule has 0 saturated heterocycles. The molecule has 0 heterocycles. The first-order valence-electron chi connectivity index (χ1n) is 5.76. The Morgan fingerprint density at radius 3 is 2.67 bits per heavy atom. The van der Waals surface area contributed by atoms with Crippen LogP contribution in [0.4, 0.5) is 5.69 Å². The lowest BCUT2D eigenvalue weighted by Gasteiger charge is -2.25. The van der Waals surface area contributed by atoms with Crippen molar-refractivity contribution in [3.8, 4) is 5.75 Å². The number of nitrogen functional groups attached to an aromatic ring is 1. The minimum absolute atomic E-state index is 0.0214. The minimum atomic E-state index is -0.469. The van der Waals surface area contributed by atoms with Crippen molar-refractivity contribution < 1.29 is 14.6 Å². The molecule has 1 aromatic rings. The maximum absolute atomic E-state index is 12.1. The van der Waals surface area contributed by atoms with Crippen LogP contribution < -0.4 is 15.8 Å². The summed E-state index contributed by atoms with van der Waals surface area (Å²) in [7, 11) is 1.52. The third-order valence-electron chi connectivity index (χ3n) is 2.62. The molecule has 0 spiro atoms. The van der Waals surface area contributed by atoms with Crippen LogP contribution in [0.2, 0.25) is 0 Å². The number of rotatable bonds is 5. The number of amides is 1. The Kier molecular flexibility index (Phi) is 4.55. The molecule has 0 atom stereocenters. The summed E-state index contributed by atoms with van der Waals surface area (Å²) in [6.07, 6.45) is 0.484. The van der Waals surface area contributed by atoms with Gasteiger partial charge in [0.2, 0.25) is 0 Å². The van der Waals surface area contributed by atoms with E-state index in [1.807, 2.05) is 13.8 Å². The molecule has 0 aliphatic heterocycles. The van der Waals surface area contributed by atoms with Crippen LogP contribution in [0.1, 0.15) is 30.6 Å². The van der Waals surface area contributed by atoms with E-state index >= 15 is 0 Å². The van der Waals surface area contributed by atoms with Crippen molar-refractivity contribution in [2.45, 2.75) is 25.8 Å². The number of carbonyl (C=O) groups excluding carboxylic acids is 1. The maximum atomic E-state index is 12.1. The molecule has 0 unspecified atom stereocenters. The van der Waals surface area contributed by atoms with Gasteiger partial charge >= 0.3 is 0 Å². The second kappa shape index (κ2) is 5.73. The van der Waals surface area contributed by atoms with Crippen LogP contribution in [-0.2, 0) is 0 Å². The van der Waals surface area contributed by atoms with Gasteiger partial charge in [0.1, 0.15) is 5.75 Å². The highest BCUT2D eigenvalue weighted by Crippen LogP contribution is 2.19. The van der Waals surface area contributed by atoms with Gasteiger partial charge in [-0.3, -0.25) is 4.79 Å². The summed E-state index contributed by atoms with van der Waals surface area (Å²) in [6.45, 7) is 3.73. The van der Waals surface area contributed by atoms with Crippen molar-refractivity contribution in [1.82, 2.24) is 5.32 Å². The highest BCUT2D eigenvalue weighted by molar-refractivity contribution is 5.96. The molecule has 18 heavy (non-hydrogen) atoms. The zero-order chi connectivity index (χ0) is 13.8. The molecule has 0 fully saturated rings. The van der Waals surface area contributed by atoms with Gasteiger partial charge in [-0.25, -0.2) is 0 Å². The van der Waals surface area contributed by atoms with Crippen LogP contribution in [0, 0.1) is 0 Å². The lowest BCUT2D eigenvalue weighted by Crippen LogP contribution is -2.44. The van der Waals surface area contributed by atoms with Crippen molar-refractivity contribution in [1.29, 1.82) is 0 Å². The first-order valence-corrected chi connectivity index (χ1v) is 5.76. The molecule has 5 nitrogen and oxygen atoms in total. The van der Waals surface area contributed by atoms with Crippen LogP contribution in [-0.4, -0.2) is 30.3 Å². The zero-order valence-corrected chi connectivity index (χ0v) is 11.0. The fourth-order valence-corrected chi connectivity index (χ4v) is 1.59. The van der Waals surface area contributed by atoms with Gasteiger partial charge in [0.05, 0.1) is 7.11 Å². The molecule has 4 N–H and O–H groups in total. The molecule has 100 valence electrons. The smallest absolute Gasteiger partial charge is 0.251 e. The molecule has 1 amide bonds. The van der Waals surface area contributed by atoms with E-state index in [1.165, 1.54) is 7.11 Å². The van der Waals surface area contributed by atoms with Crippen LogP contribution >= 0.6 is 0 Å². The van der Waals surface area contributed by atoms with E-state index in [0.717, 1.165) is 0 Å². The summed E-state index contributed by atoms with van der Waals surface area (Å²) in [5.41, 5.74) is 6.14. The van der Waals surface area contributed by atoms with Crippen molar-refractivity contribution in [2.75, 3.05) is 19.5 Å². The van der Waals surface area contributed by atoms with Gasteiger partial charge < -0.3 is 20.9 Å². The van der Waals surface area contributed by atoms with E-state index in [-0.39, 0.29) is 12.5 Å². The molecule has 0 radical (unpaired) electrons. The topological polar surface area (TPSA) is 84.6 Å². The number of carbonyl (C=O) groups is 1. The first-order chi connectivity index (χ1) is 8.38. The lowest BCUT2D eigenvalue weighted by molar-refractivity contribution is 0.0899. The lowest BCUT2D eigenvalue weighted by atomic mass is 10.0. The Labute approximate surface area is 107 Å². The summed E-state index contributed by atoms with van der Waals surface area (Å²) in [5, 5.41) is 11.8. The Bertz CT molecular complexity index is 430. The second-order valence-electron chi connectivity index (χ2n) is 4.81. The quantitative estimate of drug-likeness (QED) is 0.687. The third kappa shape index (κ3) is 3.92. The van der Waals surface area contributed by atoms with Gasteiger partial charge in [-0.05, 0) is 32.4 Å². The third-order valence-corrected chi connectivity index (χ3v) is 2.62. The fourth-order valence-electron chi connectivity index (χ4n) is 1.59. The van der Waals surface area contributed by atoms with E-state index in [4.69, 9.17) is 15.6 Å². The summed E-state index contributed by atoms with van der Waals surface area (Å²) in [6, 6.07) is 4.86. The molecular formula is C13H20N2O3. The van der Waals surface area contributed by atoms with Gasteiger partial charge in [-0.15, -0.1) is 0 Å². The SMILES string of the molecule is COc1cc(N)cc(C(=O)NC(C)(C)CCO)c1. The number of benzene rings is 1. The predicted molar refractivity (Wildman–Crippen MR) is 70.7 cm³/mol. The number of nitrogens with one attached hydrogen (secondary N) is 1. The number of hydrogen-bond acceptors (Lipinski definition) is 4. The summed E-state index contributed by atoms with van der Waals surface area (Å²) in [5.74, 6) is 0.305. The average molecular weight is 252 g/mol. The molecule has 5 heteroatoms. The Balaban J connectivity index is 2.87. The van der Waals surface area contributed by atoms with E-state index in [2.05, 4.69) is 5.32 Å². The van der Waals surface area contributed by atoms with Crippen molar-refractivity contribution >= 4 is 11.6 Å². The number of nitrogens with two attached hydrogens (primary N) is 1. The van der Waals surface area contributed by atoms with Crippen LogP contribution in [0.5, 0.6) is 5.75 Å². The average Bonchev–Trinajstić information content (AvgIpc) is 2.27. The van der Waals surface area contributed by atoms with Crippen LogP contribution in [0.25, 0.3) is 0 Å². The van der Waals surface area contributed by atoms with Crippen molar-refractivity contribution in [2.24, 2.45) is 0 Å². The predicted octanol–water partition coefficient (Wildman–Crippen LogP) is 1.17.